The van der Waals surface area contributed by atoms with Gasteiger partial charge < -0.3 is 43.8 Å². The molecule has 3 aromatic rings. The van der Waals surface area contributed by atoms with Crippen molar-refractivity contribution in [2.45, 2.75) is 40.4 Å². The quantitative estimate of drug-likeness (QED) is 0.346. The molecule has 0 unspecified atom stereocenters. The molecule has 3 N–H and O–H groups in total. The molecule has 4 nitrogen and oxygen atoms in total. The van der Waals surface area contributed by atoms with E-state index in [1.807, 2.05) is 75.4 Å². The zero-order chi connectivity index (χ0) is 21.2. The third-order valence-corrected chi connectivity index (χ3v) is 5.62. The van der Waals surface area contributed by atoms with E-state index in [0.29, 0.717) is 41.4 Å². The molecule has 0 bridgehead atoms. The molecule has 0 radical (unpaired) electrons. The van der Waals surface area contributed by atoms with E-state index in [2.05, 4.69) is 7.05 Å². The van der Waals surface area contributed by atoms with Crippen molar-refractivity contribution in [3.05, 3.63) is 88.0 Å². The second-order valence-electron chi connectivity index (χ2n) is 8.34. The minimum Gasteiger partial charge on any atom is -1.00 e. The topological polar surface area (TPSA) is 60.7 Å². The van der Waals surface area contributed by atoms with Crippen molar-refractivity contribution in [2.75, 3.05) is 7.05 Å². The average Bonchev–Trinajstić information content (AvgIpc) is 2.67. The van der Waals surface area contributed by atoms with Crippen LogP contribution in [0.5, 0.6) is 17.2 Å². The Balaban J connectivity index is 0.00000320. The number of aryl methyl sites for hydroxylation is 3. The Labute approximate surface area is 196 Å². The lowest BCUT2D eigenvalue weighted by Gasteiger charge is -2.36. The summed E-state index contributed by atoms with van der Waals surface area (Å²) in [6, 6.07) is 17.3. The van der Waals surface area contributed by atoms with E-state index in [1.54, 1.807) is 0 Å². The van der Waals surface area contributed by atoms with Crippen LogP contribution in [0.25, 0.3) is 0 Å². The minimum atomic E-state index is 0. The van der Waals surface area contributed by atoms with Gasteiger partial charge in [-0.2, -0.15) is 0 Å². The molecule has 30 heavy (non-hydrogen) atoms. The number of quaternary nitrogens is 1. The first-order valence-corrected chi connectivity index (χ1v) is 9.86. The largest absolute Gasteiger partial charge is 1.00 e. The van der Waals surface area contributed by atoms with Gasteiger partial charge in [0.05, 0.1) is 7.05 Å². The molecule has 0 heterocycles. The average molecular weight is 519 g/mol. The first-order valence-electron chi connectivity index (χ1n) is 9.86. The van der Waals surface area contributed by atoms with E-state index in [9.17, 15) is 15.3 Å². The van der Waals surface area contributed by atoms with Crippen molar-refractivity contribution in [2.24, 2.45) is 0 Å². The van der Waals surface area contributed by atoms with Crippen molar-refractivity contribution in [3.63, 3.8) is 0 Å². The molecular weight excluding hydrogens is 489 g/mol. The Morgan fingerprint density at radius 3 is 1.10 bits per heavy atom. The molecule has 0 saturated carbocycles. The van der Waals surface area contributed by atoms with Gasteiger partial charge in [0.1, 0.15) is 36.9 Å². The van der Waals surface area contributed by atoms with Crippen molar-refractivity contribution in [1.82, 2.24) is 0 Å². The van der Waals surface area contributed by atoms with Gasteiger partial charge >= 0.3 is 0 Å². The van der Waals surface area contributed by atoms with Gasteiger partial charge in [-0.05, 0) is 55.7 Å². The predicted octanol–water partition coefficient (Wildman–Crippen LogP) is 2.08. The fourth-order valence-corrected chi connectivity index (χ4v) is 3.94. The van der Waals surface area contributed by atoms with Gasteiger partial charge in [0.25, 0.3) is 0 Å². The van der Waals surface area contributed by atoms with Crippen LogP contribution in [-0.4, -0.2) is 26.9 Å². The second kappa shape index (κ2) is 9.71. The SMILES string of the molecule is Cc1cccc(C[N+](C)(Cc2cccc(C)c2O)Cc2cccc(C)c2O)c1O.[I-]. The van der Waals surface area contributed by atoms with Gasteiger partial charge in [-0.25, -0.2) is 0 Å². The summed E-state index contributed by atoms with van der Waals surface area (Å²) in [7, 11) is 2.09. The number of hydrogen-bond donors (Lipinski definition) is 3. The molecule has 0 aliphatic heterocycles. The van der Waals surface area contributed by atoms with Crippen molar-refractivity contribution < 1.29 is 43.8 Å². The molecule has 0 fully saturated rings. The molecule has 0 aliphatic carbocycles. The highest BCUT2D eigenvalue weighted by molar-refractivity contribution is 5.41. The molecule has 160 valence electrons. The minimum absolute atomic E-state index is 0. The van der Waals surface area contributed by atoms with Crippen LogP contribution >= 0.6 is 0 Å². The highest BCUT2D eigenvalue weighted by Crippen LogP contribution is 2.33. The van der Waals surface area contributed by atoms with E-state index in [0.717, 1.165) is 33.4 Å². The van der Waals surface area contributed by atoms with Crippen LogP contribution in [0.4, 0.5) is 0 Å². The van der Waals surface area contributed by atoms with E-state index in [-0.39, 0.29) is 24.0 Å². The molecule has 0 saturated heterocycles. The maximum Gasteiger partial charge on any atom is 0.127 e. The number of halogens is 1. The first-order chi connectivity index (χ1) is 13.7. The van der Waals surface area contributed by atoms with E-state index in [4.69, 9.17) is 0 Å². The standard InChI is InChI=1S/C25H29NO3.HI/c1-17-8-5-11-20(23(17)27)14-26(4,15-21-12-6-9-18(2)24(21)28)16-22-13-7-10-19(3)25(22)29;/h5-13H,14-16H2,1-4H3,(H2-,27,28,29);1H. The number of para-hydroxylation sites is 3. The maximum atomic E-state index is 10.6. The normalized spacial score (nSPS) is 11.2. The number of nitrogens with zero attached hydrogens (tertiary/aromatic N) is 1. The molecule has 0 spiro atoms. The Morgan fingerprint density at radius 1 is 0.567 bits per heavy atom. The maximum absolute atomic E-state index is 10.6. The molecule has 3 rings (SSSR count). The lowest BCUT2D eigenvalue weighted by molar-refractivity contribution is -0.948. The summed E-state index contributed by atoms with van der Waals surface area (Å²) in [6.45, 7) is 7.36. The summed E-state index contributed by atoms with van der Waals surface area (Å²) in [5, 5.41) is 31.7. The van der Waals surface area contributed by atoms with Gasteiger partial charge in [-0.15, -0.1) is 0 Å². The molecule has 3 aromatic carbocycles. The van der Waals surface area contributed by atoms with Crippen LogP contribution < -0.4 is 24.0 Å². The number of hydrogen-bond acceptors (Lipinski definition) is 3. The fourth-order valence-electron chi connectivity index (χ4n) is 3.94. The molecule has 0 amide bonds. The lowest BCUT2D eigenvalue weighted by Crippen LogP contribution is -3.00. The van der Waals surface area contributed by atoms with E-state index >= 15 is 0 Å². The summed E-state index contributed by atoms with van der Waals surface area (Å²) in [6.07, 6.45) is 0. The summed E-state index contributed by atoms with van der Waals surface area (Å²) >= 11 is 0. The Bertz CT molecular complexity index is 903. The highest BCUT2D eigenvalue weighted by atomic mass is 127. The molecule has 0 aliphatic rings. The Hall–Kier alpha value is -2.25. The summed E-state index contributed by atoms with van der Waals surface area (Å²) < 4.78 is 0.491. The Morgan fingerprint density at radius 2 is 0.833 bits per heavy atom. The fraction of sp³-hybridized carbons (Fsp3) is 0.280. The van der Waals surface area contributed by atoms with Crippen LogP contribution in [0.2, 0.25) is 0 Å². The van der Waals surface area contributed by atoms with Crippen LogP contribution in [0.3, 0.4) is 0 Å². The molecule has 5 heteroatoms. The van der Waals surface area contributed by atoms with Gasteiger partial charge in [-0.3, -0.25) is 0 Å². The molecule has 0 atom stereocenters. The van der Waals surface area contributed by atoms with Gasteiger partial charge in [0.15, 0.2) is 0 Å². The lowest BCUT2D eigenvalue weighted by atomic mass is 10.0. The van der Waals surface area contributed by atoms with Crippen molar-refractivity contribution in [1.29, 1.82) is 0 Å². The summed E-state index contributed by atoms with van der Waals surface area (Å²) in [5.41, 5.74) is 5.08. The predicted molar refractivity (Wildman–Crippen MR) is 116 cm³/mol. The molecular formula is C25H30INO3. The number of aromatic hydroxyl groups is 3. The van der Waals surface area contributed by atoms with Crippen molar-refractivity contribution in [3.8, 4) is 17.2 Å². The third-order valence-electron chi connectivity index (χ3n) is 5.62. The second-order valence-corrected chi connectivity index (χ2v) is 8.34. The highest BCUT2D eigenvalue weighted by Gasteiger charge is 2.28. The number of rotatable bonds is 6. The third kappa shape index (κ3) is 5.26. The van der Waals surface area contributed by atoms with Gasteiger partial charge in [0, 0.05) is 16.7 Å². The molecule has 0 aromatic heterocycles. The van der Waals surface area contributed by atoms with Gasteiger partial charge in [-0.1, -0.05) is 36.4 Å². The zero-order valence-electron chi connectivity index (χ0n) is 18.0. The van der Waals surface area contributed by atoms with E-state index < -0.39 is 0 Å². The van der Waals surface area contributed by atoms with Gasteiger partial charge in [0.2, 0.25) is 0 Å². The number of phenolic OH excluding ortho intramolecular Hbond substituents is 3. The van der Waals surface area contributed by atoms with E-state index in [1.165, 1.54) is 0 Å². The summed E-state index contributed by atoms with van der Waals surface area (Å²) in [5.74, 6) is 0.913. The zero-order valence-corrected chi connectivity index (χ0v) is 20.1. The number of phenols is 3. The van der Waals surface area contributed by atoms with Crippen molar-refractivity contribution >= 4 is 0 Å². The first kappa shape index (κ1) is 24.0. The number of benzene rings is 3. The van der Waals surface area contributed by atoms with Crippen LogP contribution in [-0.2, 0) is 19.6 Å². The summed E-state index contributed by atoms with van der Waals surface area (Å²) in [4.78, 5) is 0. The van der Waals surface area contributed by atoms with Crippen LogP contribution in [0.1, 0.15) is 33.4 Å². The monoisotopic (exact) mass is 519 g/mol. The van der Waals surface area contributed by atoms with Crippen LogP contribution in [0, 0.1) is 20.8 Å². The van der Waals surface area contributed by atoms with Crippen LogP contribution in [0.15, 0.2) is 54.6 Å². The smallest absolute Gasteiger partial charge is 0.127 e. The Kier molecular flexibility index (Phi) is 7.77.